The average Bonchev–Trinajstić information content (AvgIpc) is 4.11. The number of β-amino-alcohol motifs (C(OH)–C–C–N with tert-alkyl or cyclic N) is 1. The molecular weight excluding hydrogens is 937 g/mol. The number of aromatic nitrogens is 2. The summed E-state index contributed by atoms with van der Waals surface area (Å²) in [5, 5.41) is 26.8. The van der Waals surface area contributed by atoms with Crippen molar-refractivity contribution in [1.29, 1.82) is 0 Å². The molecule has 4 atom stereocenters. The van der Waals surface area contributed by atoms with Gasteiger partial charge in [0.05, 0.1) is 81.1 Å². The number of thiazole rings is 1. The quantitative estimate of drug-likeness (QED) is 0.0275. The number of ketones is 1. The Hall–Kier alpha value is -5.63. The molecule has 0 unspecified atom stereocenters. The van der Waals surface area contributed by atoms with Gasteiger partial charge in [0, 0.05) is 56.1 Å². The number of para-hydroxylation sites is 1. The van der Waals surface area contributed by atoms with Crippen LogP contribution >= 0.6 is 11.3 Å². The molecule has 72 heavy (non-hydrogen) atoms. The maximum atomic E-state index is 14.1. The van der Waals surface area contributed by atoms with Gasteiger partial charge < -0.3 is 49.7 Å². The summed E-state index contributed by atoms with van der Waals surface area (Å²) in [6.07, 6.45) is 5.29. The number of hydrogen-bond donors (Lipinski definition) is 5. The van der Waals surface area contributed by atoms with Crippen LogP contribution in [0.1, 0.15) is 74.5 Å². The Morgan fingerprint density at radius 3 is 2.21 bits per heavy atom. The molecule has 3 amide bonds. The van der Waals surface area contributed by atoms with Crippen molar-refractivity contribution in [3.63, 3.8) is 0 Å². The smallest absolute Gasteiger partial charge is 0.246 e. The summed E-state index contributed by atoms with van der Waals surface area (Å²) in [5.41, 5.74) is 8.46. The molecule has 0 saturated carbocycles. The lowest BCUT2D eigenvalue weighted by molar-refractivity contribution is -0.144. The van der Waals surface area contributed by atoms with Gasteiger partial charge in [-0.2, -0.15) is 0 Å². The third kappa shape index (κ3) is 17.0. The number of rotatable bonds is 29. The minimum Gasteiger partial charge on any atom is -0.391 e. The SMILES string of the molecule is Cc1ncsc1-c1ccc([C@H](C)NC(=O)[C@H]2C[C@@H](O)CN2C(=O)[C@@H](NC(=O)CCOCCOCCOCCOCCN(CCc2c[nH]c3ccccc23)Cc2ccc(/C=C/C(=O)CO)cc2)C(C)(C)C)cc1. The molecule has 6 rings (SSSR count). The number of H-pyrrole nitrogens is 1. The topological polar surface area (TPSA) is 205 Å². The van der Waals surface area contributed by atoms with Crippen LogP contribution in [0.4, 0.5) is 0 Å². The van der Waals surface area contributed by atoms with Gasteiger partial charge in [-0.15, -0.1) is 11.3 Å². The summed E-state index contributed by atoms with van der Waals surface area (Å²) < 4.78 is 23.0. The molecule has 0 spiro atoms. The number of hydrogen-bond acceptors (Lipinski definition) is 13. The summed E-state index contributed by atoms with van der Waals surface area (Å²) in [5.74, 6) is -1.49. The second-order valence-electron chi connectivity index (χ2n) is 19.2. The van der Waals surface area contributed by atoms with Crippen molar-refractivity contribution in [3.8, 4) is 10.4 Å². The van der Waals surface area contributed by atoms with Crippen LogP contribution in [0.25, 0.3) is 27.4 Å². The first-order chi connectivity index (χ1) is 34.7. The highest BCUT2D eigenvalue weighted by Gasteiger charge is 2.44. The number of benzene rings is 3. The monoisotopic (exact) mass is 1010 g/mol. The van der Waals surface area contributed by atoms with Crippen LogP contribution in [-0.4, -0.2) is 151 Å². The highest BCUT2D eigenvalue weighted by Crippen LogP contribution is 2.30. The van der Waals surface area contributed by atoms with Gasteiger partial charge in [-0.25, -0.2) is 4.98 Å². The van der Waals surface area contributed by atoms with Gasteiger partial charge in [-0.1, -0.05) is 93.6 Å². The molecule has 2 aromatic heterocycles. The van der Waals surface area contributed by atoms with Gasteiger partial charge in [-0.3, -0.25) is 24.1 Å². The van der Waals surface area contributed by atoms with Crippen LogP contribution in [0, 0.1) is 12.3 Å². The number of amides is 3. The second-order valence-corrected chi connectivity index (χ2v) is 20.0. The zero-order chi connectivity index (χ0) is 51.5. The first-order valence-electron chi connectivity index (χ1n) is 24.8. The predicted molar refractivity (Wildman–Crippen MR) is 279 cm³/mol. The number of carbonyl (C=O) groups is 4. The van der Waals surface area contributed by atoms with Gasteiger partial charge >= 0.3 is 0 Å². The van der Waals surface area contributed by atoms with E-state index >= 15 is 0 Å². The minimum atomic E-state index is -0.937. The highest BCUT2D eigenvalue weighted by molar-refractivity contribution is 7.13. The van der Waals surface area contributed by atoms with Crippen molar-refractivity contribution in [2.45, 2.75) is 84.7 Å². The van der Waals surface area contributed by atoms with E-state index in [0.29, 0.717) is 39.6 Å². The maximum absolute atomic E-state index is 14.1. The van der Waals surface area contributed by atoms with Crippen LogP contribution in [0.5, 0.6) is 0 Å². The van der Waals surface area contributed by atoms with Crippen molar-refractivity contribution in [3.05, 3.63) is 119 Å². The van der Waals surface area contributed by atoms with Crippen LogP contribution in [0.3, 0.4) is 0 Å². The van der Waals surface area contributed by atoms with Crippen molar-refractivity contribution in [2.24, 2.45) is 5.41 Å². The minimum absolute atomic E-state index is 0.0107. The Bertz CT molecular complexity index is 2520. The van der Waals surface area contributed by atoms with Crippen molar-refractivity contribution < 1.29 is 48.3 Å². The van der Waals surface area contributed by atoms with E-state index in [2.05, 4.69) is 62.0 Å². The van der Waals surface area contributed by atoms with Crippen molar-refractivity contribution >= 4 is 51.8 Å². The lowest BCUT2D eigenvalue weighted by Crippen LogP contribution is -2.58. The molecule has 17 heteroatoms. The van der Waals surface area contributed by atoms with E-state index in [1.807, 2.05) is 82.6 Å². The summed E-state index contributed by atoms with van der Waals surface area (Å²) in [6.45, 7) is 14.1. The molecule has 1 saturated heterocycles. The molecule has 5 aromatic rings. The van der Waals surface area contributed by atoms with E-state index in [1.54, 1.807) is 17.4 Å². The first kappa shape index (κ1) is 55.7. The zero-order valence-electron chi connectivity index (χ0n) is 42.3. The number of fused-ring (bicyclic) bond motifs is 1. The molecule has 1 fully saturated rings. The summed E-state index contributed by atoms with van der Waals surface area (Å²) in [7, 11) is 0. The fraction of sp³-hybridized carbons (Fsp3) is 0.473. The fourth-order valence-corrected chi connectivity index (χ4v) is 9.30. The molecule has 16 nitrogen and oxygen atoms in total. The third-order valence-corrected chi connectivity index (χ3v) is 13.6. The number of likely N-dealkylation sites (tertiary alicyclic amines) is 1. The van der Waals surface area contributed by atoms with E-state index in [9.17, 15) is 24.3 Å². The van der Waals surface area contributed by atoms with Crippen LogP contribution < -0.4 is 10.6 Å². The number of nitrogens with zero attached hydrogens (tertiary/aromatic N) is 3. The molecule has 3 heterocycles. The molecule has 0 radical (unpaired) electrons. The standard InChI is InChI=1S/C55H72N6O10S/c1-38(42-15-17-43(18-16-42)51-39(2)57-37-72-51)58-53(66)49-32-46(64)35-61(49)54(67)52(55(3,4)5)59-50(65)21-24-68-26-28-70-30-31-71-29-27-69-25-23-60(22-20-44-33-56-48-9-7-6-8-47(44)48)34-41-12-10-40(11-13-41)14-19-45(63)36-62/h6-19,33,37-38,46,49,52,56,62,64H,20-32,34-36H2,1-5H3,(H,58,66)(H,59,65)/b19-14+/t38-,46+,49+,52+/m0/s1. The normalized spacial score (nSPS) is 15.9. The number of aliphatic hydroxyl groups is 2. The second kappa shape index (κ2) is 28.0. The van der Waals surface area contributed by atoms with E-state index in [-0.39, 0.29) is 56.2 Å². The lowest BCUT2D eigenvalue weighted by atomic mass is 9.85. The number of aliphatic hydroxyl groups excluding tert-OH is 2. The number of aryl methyl sites for hydroxylation is 1. The summed E-state index contributed by atoms with van der Waals surface area (Å²) >= 11 is 1.57. The molecule has 0 aliphatic carbocycles. The molecule has 3 aromatic carbocycles. The Labute approximate surface area is 427 Å². The number of nitrogens with one attached hydrogen (secondary N) is 3. The third-order valence-electron chi connectivity index (χ3n) is 12.6. The average molecular weight is 1010 g/mol. The van der Waals surface area contributed by atoms with E-state index < -0.39 is 36.1 Å². The van der Waals surface area contributed by atoms with Crippen molar-refractivity contribution in [2.75, 3.05) is 79.1 Å². The van der Waals surface area contributed by atoms with Gasteiger partial charge in [-0.05, 0) is 65.6 Å². The molecule has 5 N–H and O–H groups in total. The Morgan fingerprint density at radius 2 is 1.56 bits per heavy atom. The molecular formula is C55H72N6O10S. The molecule has 0 bridgehead atoms. The van der Waals surface area contributed by atoms with Crippen LogP contribution in [-0.2, 0) is 51.1 Å². The predicted octanol–water partition coefficient (Wildman–Crippen LogP) is 6.05. The zero-order valence-corrected chi connectivity index (χ0v) is 43.1. The molecule has 1 aliphatic heterocycles. The largest absolute Gasteiger partial charge is 0.391 e. The van der Waals surface area contributed by atoms with Gasteiger partial charge in [0.25, 0.3) is 0 Å². The Balaban J connectivity index is 0.838. The van der Waals surface area contributed by atoms with Crippen molar-refractivity contribution in [1.82, 2.24) is 30.4 Å². The fourth-order valence-electron chi connectivity index (χ4n) is 8.49. The molecule has 1 aliphatic rings. The number of ether oxygens (including phenoxy) is 4. The van der Waals surface area contributed by atoms with Gasteiger partial charge in [0.2, 0.25) is 17.7 Å². The van der Waals surface area contributed by atoms with E-state index in [0.717, 1.165) is 64.4 Å². The van der Waals surface area contributed by atoms with Crippen LogP contribution in [0.15, 0.2) is 90.6 Å². The van der Waals surface area contributed by atoms with E-state index in [1.165, 1.54) is 21.9 Å². The number of aromatic amines is 1. The molecule has 388 valence electrons. The Kier molecular flexibility index (Phi) is 21.6. The highest BCUT2D eigenvalue weighted by atomic mass is 32.1. The van der Waals surface area contributed by atoms with Crippen LogP contribution in [0.2, 0.25) is 0 Å². The Morgan fingerprint density at radius 1 is 0.889 bits per heavy atom. The van der Waals surface area contributed by atoms with E-state index in [4.69, 9.17) is 24.1 Å². The maximum Gasteiger partial charge on any atom is 0.246 e. The number of carbonyl (C=O) groups excluding carboxylic acids is 4. The summed E-state index contributed by atoms with van der Waals surface area (Å²) in [4.78, 5) is 64.8. The van der Waals surface area contributed by atoms with Gasteiger partial charge in [0.1, 0.15) is 18.7 Å². The first-order valence-corrected chi connectivity index (χ1v) is 25.7. The lowest BCUT2D eigenvalue weighted by Gasteiger charge is -2.35. The van der Waals surface area contributed by atoms with Gasteiger partial charge in [0.15, 0.2) is 5.78 Å². The summed E-state index contributed by atoms with van der Waals surface area (Å²) in [6, 6.07) is 22.1.